The predicted octanol–water partition coefficient (Wildman–Crippen LogP) is 6.15. The van der Waals surface area contributed by atoms with Crippen LogP contribution in [0.2, 0.25) is 10.0 Å². The van der Waals surface area contributed by atoms with Crippen molar-refractivity contribution in [3.05, 3.63) is 33.8 Å². The molecule has 0 spiro atoms. The van der Waals surface area contributed by atoms with Crippen molar-refractivity contribution in [2.24, 2.45) is 0 Å². The molecule has 1 N–H and O–H groups in total. The number of rotatable bonds is 4. The zero-order chi connectivity index (χ0) is 14.4. The molecule has 1 aliphatic carbocycles. The van der Waals surface area contributed by atoms with Crippen LogP contribution in [0.25, 0.3) is 0 Å². The fourth-order valence-electron chi connectivity index (χ4n) is 3.12. The van der Waals surface area contributed by atoms with Gasteiger partial charge in [0.15, 0.2) is 0 Å². The van der Waals surface area contributed by atoms with Crippen molar-refractivity contribution in [3.8, 4) is 0 Å². The van der Waals surface area contributed by atoms with Crippen LogP contribution in [0.1, 0.15) is 69.9 Å². The molecule has 1 aliphatic rings. The van der Waals surface area contributed by atoms with E-state index in [1.54, 1.807) is 0 Å². The van der Waals surface area contributed by atoms with Gasteiger partial charge in [0.25, 0.3) is 0 Å². The lowest BCUT2D eigenvalue weighted by Crippen LogP contribution is -2.33. The van der Waals surface area contributed by atoms with Gasteiger partial charge in [-0.1, -0.05) is 68.3 Å². The standard InChI is InChI=1S/C17H25Cl2N/c1-2-17(15-11-10-13(18)12-16(15)19)20-14-8-6-4-3-5-7-9-14/h10-12,14,17,20H,2-9H2,1H3. The molecule has 0 amide bonds. The largest absolute Gasteiger partial charge is 0.307 e. The SMILES string of the molecule is CCC(NC1CCCCCCC1)c1ccc(Cl)cc1Cl. The van der Waals surface area contributed by atoms with E-state index in [4.69, 9.17) is 23.2 Å². The third-order valence-electron chi connectivity index (χ3n) is 4.29. The molecular formula is C17H25Cl2N. The summed E-state index contributed by atoms with van der Waals surface area (Å²) in [5, 5.41) is 5.31. The molecule has 0 aliphatic heterocycles. The summed E-state index contributed by atoms with van der Waals surface area (Å²) >= 11 is 12.3. The number of hydrogen-bond donors (Lipinski definition) is 1. The Balaban J connectivity index is 2.03. The van der Waals surface area contributed by atoms with Crippen molar-refractivity contribution in [3.63, 3.8) is 0 Å². The number of hydrogen-bond acceptors (Lipinski definition) is 1. The summed E-state index contributed by atoms with van der Waals surface area (Å²) in [6.45, 7) is 2.21. The summed E-state index contributed by atoms with van der Waals surface area (Å²) in [5.41, 5.74) is 1.18. The summed E-state index contributed by atoms with van der Waals surface area (Å²) in [6.07, 6.45) is 10.5. The first kappa shape index (κ1) is 16.1. The second-order valence-corrected chi connectivity index (χ2v) is 6.68. The fraction of sp³-hybridized carbons (Fsp3) is 0.647. The van der Waals surface area contributed by atoms with E-state index in [-0.39, 0.29) is 0 Å². The molecule has 112 valence electrons. The summed E-state index contributed by atoms with van der Waals surface area (Å²) < 4.78 is 0. The van der Waals surface area contributed by atoms with Gasteiger partial charge in [-0.25, -0.2) is 0 Å². The van der Waals surface area contributed by atoms with Gasteiger partial charge < -0.3 is 5.32 Å². The highest BCUT2D eigenvalue weighted by Crippen LogP contribution is 2.29. The van der Waals surface area contributed by atoms with Crippen LogP contribution in [0.3, 0.4) is 0 Å². The number of halogens is 2. The maximum absolute atomic E-state index is 6.35. The molecule has 1 saturated carbocycles. The zero-order valence-electron chi connectivity index (χ0n) is 12.3. The van der Waals surface area contributed by atoms with Crippen molar-refractivity contribution >= 4 is 23.2 Å². The van der Waals surface area contributed by atoms with E-state index < -0.39 is 0 Å². The average Bonchev–Trinajstić information content (AvgIpc) is 2.39. The first-order valence-electron chi connectivity index (χ1n) is 7.91. The van der Waals surface area contributed by atoms with Gasteiger partial charge in [0, 0.05) is 22.1 Å². The molecule has 0 saturated heterocycles. The van der Waals surface area contributed by atoms with Crippen LogP contribution in [0.5, 0.6) is 0 Å². The molecule has 0 heterocycles. The number of nitrogens with one attached hydrogen (secondary N) is 1. The van der Waals surface area contributed by atoms with E-state index in [1.165, 1.54) is 50.5 Å². The monoisotopic (exact) mass is 313 g/mol. The zero-order valence-corrected chi connectivity index (χ0v) is 13.8. The van der Waals surface area contributed by atoms with Crippen LogP contribution < -0.4 is 5.32 Å². The van der Waals surface area contributed by atoms with Gasteiger partial charge in [0.1, 0.15) is 0 Å². The lowest BCUT2D eigenvalue weighted by Gasteiger charge is -2.27. The Labute approximate surface area is 133 Å². The van der Waals surface area contributed by atoms with Crippen LogP contribution in [-0.2, 0) is 0 Å². The molecule has 1 nitrogen and oxygen atoms in total. The van der Waals surface area contributed by atoms with Gasteiger partial charge in [-0.2, -0.15) is 0 Å². The number of benzene rings is 1. The Bertz CT molecular complexity index is 411. The highest BCUT2D eigenvalue weighted by molar-refractivity contribution is 6.35. The van der Waals surface area contributed by atoms with Gasteiger partial charge in [0.05, 0.1) is 0 Å². The maximum Gasteiger partial charge on any atom is 0.0468 e. The Morgan fingerprint density at radius 3 is 2.35 bits per heavy atom. The third-order valence-corrected chi connectivity index (χ3v) is 4.85. The van der Waals surface area contributed by atoms with Crippen molar-refractivity contribution in [1.29, 1.82) is 0 Å². The second-order valence-electron chi connectivity index (χ2n) is 5.84. The van der Waals surface area contributed by atoms with Gasteiger partial charge in [-0.3, -0.25) is 0 Å². The first-order valence-corrected chi connectivity index (χ1v) is 8.67. The molecular weight excluding hydrogens is 289 g/mol. The Kier molecular flexibility index (Phi) is 6.67. The van der Waals surface area contributed by atoms with E-state index in [1.807, 2.05) is 12.1 Å². The first-order chi connectivity index (χ1) is 9.70. The molecule has 3 heteroatoms. The molecule has 20 heavy (non-hydrogen) atoms. The van der Waals surface area contributed by atoms with Crippen LogP contribution >= 0.6 is 23.2 Å². The summed E-state index contributed by atoms with van der Waals surface area (Å²) in [4.78, 5) is 0. The molecule has 1 fully saturated rings. The van der Waals surface area contributed by atoms with Crippen LogP contribution in [-0.4, -0.2) is 6.04 Å². The van der Waals surface area contributed by atoms with E-state index in [9.17, 15) is 0 Å². The van der Waals surface area contributed by atoms with E-state index in [2.05, 4.69) is 18.3 Å². The minimum absolute atomic E-state index is 0.337. The smallest absolute Gasteiger partial charge is 0.0468 e. The van der Waals surface area contributed by atoms with Gasteiger partial charge >= 0.3 is 0 Å². The average molecular weight is 314 g/mol. The molecule has 1 unspecified atom stereocenters. The summed E-state index contributed by atoms with van der Waals surface area (Å²) in [5.74, 6) is 0. The van der Waals surface area contributed by atoms with Crippen LogP contribution in [0, 0.1) is 0 Å². The molecule has 2 rings (SSSR count). The maximum atomic E-state index is 6.35. The Hall–Kier alpha value is -0.240. The fourth-order valence-corrected chi connectivity index (χ4v) is 3.66. The lowest BCUT2D eigenvalue weighted by molar-refractivity contribution is 0.349. The summed E-state index contributed by atoms with van der Waals surface area (Å²) in [7, 11) is 0. The molecule has 0 radical (unpaired) electrons. The van der Waals surface area contributed by atoms with Crippen molar-refractivity contribution < 1.29 is 0 Å². The second kappa shape index (κ2) is 8.26. The highest BCUT2D eigenvalue weighted by atomic mass is 35.5. The van der Waals surface area contributed by atoms with Gasteiger partial charge in [-0.05, 0) is 37.0 Å². The topological polar surface area (TPSA) is 12.0 Å². The van der Waals surface area contributed by atoms with E-state index in [0.29, 0.717) is 17.1 Å². The minimum atomic E-state index is 0.337. The van der Waals surface area contributed by atoms with Gasteiger partial charge in [-0.15, -0.1) is 0 Å². The molecule has 0 bridgehead atoms. The molecule has 0 aromatic heterocycles. The van der Waals surface area contributed by atoms with Crippen molar-refractivity contribution in [2.75, 3.05) is 0 Å². The predicted molar refractivity (Wildman–Crippen MR) is 88.7 cm³/mol. The van der Waals surface area contributed by atoms with E-state index >= 15 is 0 Å². The Morgan fingerprint density at radius 1 is 1.10 bits per heavy atom. The quantitative estimate of drug-likeness (QED) is 0.703. The molecule has 1 aromatic carbocycles. The van der Waals surface area contributed by atoms with Gasteiger partial charge in [0.2, 0.25) is 0 Å². The van der Waals surface area contributed by atoms with Crippen LogP contribution in [0.4, 0.5) is 0 Å². The third kappa shape index (κ3) is 4.65. The minimum Gasteiger partial charge on any atom is -0.307 e. The van der Waals surface area contributed by atoms with Crippen molar-refractivity contribution in [2.45, 2.75) is 70.4 Å². The lowest BCUT2D eigenvalue weighted by atomic mass is 9.94. The highest BCUT2D eigenvalue weighted by Gasteiger charge is 2.18. The van der Waals surface area contributed by atoms with Crippen LogP contribution in [0.15, 0.2) is 18.2 Å². The molecule has 1 atom stereocenters. The summed E-state index contributed by atoms with van der Waals surface area (Å²) in [6, 6.07) is 6.82. The normalized spacial score (nSPS) is 19.4. The molecule has 1 aromatic rings. The van der Waals surface area contributed by atoms with E-state index in [0.717, 1.165) is 11.4 Å². The Morgan fingerprint density at radius 2 is 1.75 bits per heavy atom. The van der Waals surface area contributed by atoms with Crippen molar-refractivity contribution in [1.82, 2.24) is 5.32 Å².